The van der Waals surface area contributed by atoms with Gasteiger partial charge in [0, 0.05) is 10.9 Å². The number of aryl methyl sites for hydroxylation is 1. The summed E-state index contributed by atoms with van der Waals surface area (Å²) in [5.41, 5.74) is 2.35. The SMILES string of the molecule is CC1CCc2c(sc3ncnc(NC(C)c4ccc(S(N)(=O)=O)cc4)c23)C1. The number of anilines is 1. The van der Waals surface area contributed by atoms with Crippen LogP contribution in [0, 0.1) is 5.92 Å². The molecule has 27 heavy (non-hydrogen) atoms. The summed E-state index contributed by atoms with van der Waals surface area (Å²) in [4.78, 5) is 11.5. The molecule has 0 aliphatic heterocycles. The summed E-state index contributed by atoms with van der Waals surface area (Å²) in [7, 11) is -3.68. The summed E-state index contributed by atoms with van der Waals surface area (Å²) in [6.07, 6.45) is 4.97. The number of benzene rings is 1. The lowest BCUT2D eigenvalue weighted by Gasteiger charge is -2.19. The van der Waals surface area contributed by atoms with E-state index in [0.717, 1.165) is 34.4 Å². The lowest BCUT2D eigenvalue weighted by atomic mass is 9.89. The van der Waals surface area contributed by atoms with Crippen LogP contribution in [0.15, 0.2) is 35.5 Å². The molecule has 0 saturated heterocycles. The number of nitrogens with zero attached hydrogens (tertiary/aromatic N) is 2. The van der Waals surface area contributed by atoms with Gasteiger partial charge in [0.2, 0.25) is 10.0 Å². The van der Waals surface area contributed by atoms with Crippen LogP contribution >= 0.6 is 11.3 Å². The lowest BCUT2D eigenvalue weighted by molar-refractivity contribution is 0.509. The molecule has 0 bridgehead atoms. The van der Waals surface area contributed by atoms with Crippen LogP contribution in [0.2, 0.25) is 0 Å². The number of nitrogens with two attached hydrogens (primary N) is 1. The van der Waals surface area contributed by atoms with Crippen molar-refractivity contribution in [1.29, 1.82) is 0 Å². The maximum absolute atomic E-state index is 11.4. The first kappa shape index (κ1) is 18.3. The third-order valence-electron chi connectivity index (χ3n) is 5.15. The highest BCUT2D eigenvalue weighted by Crippen LogP contribution is 2.40. The van der Waals surface area contributed by atoms with E-state index < -0.39 is 10.0 Å². The molecule has 1 aliphatic rings. The third kappa shape index (κ3) is 3.56. The van der Waals surface area contributed by atoms with E-state index in [1.165, 1.54) is 29.0 Å². The van der Waals surface area contributed by atoms with Gasteiger partial charge in [0.05, 0.1) is 10.3 Å². The molecule has 0 spiro atoms. The quantitative estimate of drug-likeness (QED) is 0.694. The fourth-order valence-corrected chi connectivity index (χ4v) is 5.48. The van der Waals surface area contributed by atoms with Gasteiger partial charge in [-0.2, -0.15) is 0 Å². The van der Waals surface area contributed by atoms with Crippen molar-refractivity contribution in [2.75, 3.05) is 5.32 Å². The molecule has 0 saturated carbocycles. The van der Waals surface area contributed by atoms with Crippen molar-refractivity contribution in [3.05, 3.63) is 46.6 Å². The maximum Gasteiger partial charge on any atom is 0.238 e. The van der Waals surface area contributed by atoms with Gasteiger partial charge in [0.15, 0.2) is 0 Å². The molecule has 2 heterocycles. The molecular weight excluding hydrogens is 380 g/mol. The molecule has 1 aromatic carbocycles. The van der Waals surface area contributed by atoms with Crippen molar-refractivity contribution in [1.82, 2.24) is 9.97 Å². The minimum atomic E-state index is -3.68. The molecule has 0 fully saturated rings. The van der Waals surface area contributed by atoms with E-state index in [1.54, 1.807) is 29.8 Å². The summed E-state index contributed by atoms with van der Waals surface area (Å²) < 4.78 is 22.9. The third-order valence-corrected chi connectivity index (χ3v) is 7.25. The zero-order chi connectivity index (χ0) is 19.2. The Morgan fingerprint density at radius 3 is 2.70 bits per heavy atom. The van der Waals surface area contributed by atoms with Gasteiger partial charge in [-0.25, -0.2) is 23.5 Å². The highest BCUT2D eigenvalue weighted by Gasteiger charge is 2.23. The van der Waals surface area contributed by atoms with Gasteiger partial charge < -0.3 is 5.32 Å². The topological polar surface area (TPSA) is 98.0 Å². The van der Waals surface area contributed by atoms with Crippen LogP contribution in [0.25, 0.3) is 10.2 Å². The first-order valence-electron chi connectivity index (χ1n) is 8.97. The zero-order valence-corrected chi connectivity index (χ0v) is 16.9. The Kier molecular flexibility index (Phi) is 4.65. The molecular formula is C19H22N4O2S2. The number of nitrogens with one attached hydrogen (secondary N) is 1. The molecule has 6 nitrogen and oxygen atoms in total. The number of thiophene rings is 1. The molecule has 3 aromatic rings. The van der Waals surface area contributed by atoms with Crippen molar-refractivity contribution in [2.24, 2.45) is 11.1 Å². The van der Waals surface area contributed by atoms with Crippen LogP contribution in [0.4, 0.5) is 5.82 Å². The Hall–Kier alpha value is -2.03. The average molecular weight is 403 g/mol. The smallest absolute Gasteiger partial charge is 0.238 e. The predicted molar refractivity (Wildman–Crippen MR) is 108 cm³/mol. The molecule has 3 N–H and O–H groups in total. The molecule has 2 atom stereocenters. The van der Waals surface area contributed by atoms with E-state index in [1.807, 2.05) is 6.92 Å². The van der Waals surface area contributed by atoms with Gasteiger partial charge in [-0.15, -0.1) is 11.3 Å². The van der Waals surface area contributed by atoms with Crippen molar-refractivity contribution in [3.63, 3.8) is 0 Å². The number of primary sulfonamides is 1. The Morgan fingerprint density at radius 1 is 1.26 bits per heavy atom. The summed E-state index contributed by atoms with van der Waals surface area (Å²) in [5, 5.41) is 9.79. The highest BCUT2D eigenvalue weighted by atomic mass is 32.2. The van der Waals surface area contributed by atoms with Gasteiger partial charge in [-0.1, -0.05) is 19.1 Å². The molecule has 142 valence electrons. The van der Waals surface area contributed by atoms with E-state index in [4.69, 9.17) is 5.14 Å². The van der Waals surface area contributed by atoms with Crippen LogP contribution in [0.5, 0.6) is 0 Å². The minimum Gasteiger partial charge on any atom is -0.363 e. The minimum absolute atomic E-state index is 0.0318. The van der Waals surface area contributed by atoms with E-state index in [9.17, 15) is 8.42 Å². The molecule has 8 heteroatoms. The van der Waals surface area contributed by atoms with Gasteiger partial charge in [0.1, 0.15) is 17.0 Å². The lowest BCUT2D eigenvalue weighted by Crippen LogP contribution is -2.13. The summed E-state index contributed by atoms with van der Waals surface area (Å²) in [5.74, 6) is 1.56. The fraction of sp³-hybridized carbons (Fsp3) is 0.368. The van der Waals surface area contributed by atoms with Crippen LogP contribution in [0.1, 0.15) is 42.3 Å². The van der Waals surface area contributed by atoms with E-state index in [2.05, 4.69) is 22.2 Å². The van der Waals surface area contributed by atoms with E-state index in [0.29, 0.717) is 5.92 Å². The van der Waals surface area contributed by atoms with Crippen LogP contribution in [0.3, 0.4) is 0 Å². The van der Waals surface area contributed by atoms with Gasteiger partial charge in [-0.3, -0.25) is 0 Å². The van der Waals surface area contributed by atoms with Crippen molar-refractivity contribution in [2.45, 2.75) is 44.0 Å². The van der Waals surface area contributed by atoms with Crippen LogP contribution < -0.4 is 10.5 Å². The number of hydrogen-bond donors (Lipinski definition) is 2. The molecule has 2 aromatic heterocycles. The number of hydrogen-bond acceptors (Lipinski definition) is 6. The Morgan fingerprint density at radius 2 is 2.00 bits per heavy atom. The summed E-state index contributed by atoms with van der Waals surface area (Å²) >= 11 is 1.77. The van der Waals surface area contributed by atoms with Crippen molar-refractivity contribution >= 4 is 37.4 Å². The predicted octanol–water partition coefficient (Wildman–Crippen LogP) is 3.64. The molecule has 1 aliphatic carbocycles. The highest BCUT2D eigenvalue weighted by molar-refractivity contribution is 7.89. The molecule has 2 unspecified atom stereocenters. The Bertz CT molecular complexity index is 1090. The summed E-state index contributed by atoms with van der Waals surface area (Å²) in [6, 6.07) is 6.59. The van der Waals surface area contributed by atoms with Gasteiger partial charge in [0.25, 0.3) is 0 Å². The van der Waals surface area contributed by atoms with Crippen LogP contribution in [-0.2, 0) is 22.9 Å². The molecule has 0 radical (unpaired) electrons. The number of sulfonamides is 1. The largest absolute Gasteiger partial charge is 0.363 e. The Labute approximate surface area is 162 Å². The molecule has 0 amide bonds. The normalized spacial score (nSPS) is 18.3. The fourth-order valence-electron chi connectivity index (χ4n) is 3.62. The van der Waals surface area contributed by atoms with Gasteiger partial charge >= 0.3 is 0 Å². The van der Waals surface area contributed by atoms with E-state index >= 15 is 0 Å². The maximum atomic E-state index is 11.4. The second-order valence-electron chi connectivity index (χ2n) is 7.23. The second-order valence-corrected chi connectivity index (χ2v) is 9.88. The Balaban J connectivity index is 1.65. The first-order valence-corrected chi connectivity index (χ1v) is 11.3. The van der Waals surface area contributed by atoms with E-state index in [-0.39, 0.29) is 10.9 Å². The van der Waals surface area contributed by atoms with Crippen molar-refractivity contribution < 1.29 is 8.42 Å². The number of rotatable bonds is 4. The number of fused-ring (bicyclic) bond motifs is 3. The van der Waals surface area contributed by atoms with Crippen molar-refractivity contribution in [3.8, 4) is 0 Å². The standard InChI is InChI=1S/C19H22N4O2S2/c1-11-3-8-15-16(9-11)26-19-17(15)18(21-10-22-19)23-12(2)13-4-6-14(7-5-13)27(20,24)25/h4-7,10-12H,3,8-9H2,1-2H3,(H2,20,24,25)(H,21,22,23). The monoisotopic (exact) mass is 402 g/mol. The second kappa shape index (κ2) is 6.85. The van der Waals surface area contributed by atoms with Crippen LogP contribution in [-0.4, -0.2) is 18.4 Å². The number of aromatic nitrogens is 2. The average Bonchev–Trinajstić information content (AvgIpc) is 2.99. The summed E-state index contributed by atoms with van der Waals surface area (Å²) in [6.45, 7) is 4.33. The van der Waals surface area contributed by atoms with Gasteiger partial charge in [-0.05, 0) is 55.4 Å². The molecule has 4 rings (SSSR count). The zero-order valence-electron chi connectivity index (χ0n) is 15.3. The first-order chi connectivity index (χ1) is 12.8.